The summed E-state index contributed by atoms with van der Waals surface area (Å²) < 4.78 is 22.7. The minimum atomic E-state index is -2.13. The molecule has 1 fully saturated rings. The maximum Gasteiger partial charge on any atom is 0.0728 e. The normalized spacial score (nSPS) is 23.5. The molecule has 106 valence electrons. The van der Waals surface area contributed by atoms with Gasteiger partial charge in [0.15, 0.2) is 0 Å². The van der Waals surface area contributed by atoms with Crippen molar-refractivity contribution in [1.82, 2.24) is 4.90 Å². The predicted molar refractivity (Wildman–Crippen MR) is 80.5 cm³/mol. The smallest absolute Gasteiger partial charge is 0.0728 e. The van der Waals surface area contributed by atoms with Gasteiger partial charge in [-0.2, -0.15) is 0 Å². The number of hydrogen-bond donors (Lipinski definition) is 1. The Balaban J connectivity index is 2.29. The fourth-order valence-corrected chi connectivity index (χ4v) is 3.17. The van der Waals surface area contributed by atoms with Crippen LogP contribution in [0.5, 0.6) is 0 Å². The summed E-state index contributed by atoms with van der Waals surface area (Å²) >= 11 is 0. The number of nitrogens with zero attached hydrogens (tertiary/aromatic N) is 1. The highest BCUT2D eigenvalue weighted by molar-refractivity contribution is 5.27. The monoisotopic (exact) mass is 264 g/mol. The third-order valence-electron chi connectivity index (χ3n) is 4.30. The zero-order valence-electron chi connectivity index (χ0n) is 15.0. The van der Waals surface area contributed by atoms with Gasteiger partial charge in [0.25, 0.3) is 0 Å². The van der Waals surface area contributed by atoms with E-state index in [0.29, 0.717) is 6.54 Å². The zero-order valence-corrected chi connectivity index (χ0v) is 12.0. The molecule has 0 saturated heterocycles. The van der Waals surface area contributed by atoms with Gasteiger partial charge in [0.1, 0.15) is 0 Å². The van der Waals surface area contributed by atoms with E-state index < -0.39 is 12.6 Å². The molecular weight excluding hydrogens is 234 g/mol. The van der Waals surface area contributed by atoms with E-state index in [4.69, 9.17) is 4.11 Å². The van der Waals surface area contributed by atoms with E-state index in [1.165, 1.54) is 10.5 Å². The highest BCUT2D eigenvalue weighted by Crippen LogP contribution is 2.40. The lowest BCUT2D eigenvalue weighted by Crippen LogP contribution is -2.42. The lowest BCUT2D eigenvalue weighted by Gasteiger charge is -2.40. The molecular formula is C17H27NO. The van der Waals surface area contributed by atoms with Gasteiger partial charge in [0.2, 0.25) is 0 Å². The van der Waals surface area contributed by atoms with Crippen LogP contribution in [0.15, 0.2) is 24.3 Å². The van der Waals surface area contributed by atoms with E-state index in [1.54, 1.807) is 7.05 Å². The number of rotatable bonds is 4. The maximum absolute atomic E-state index is 11.2. The third kappa shape index (κ3) is 3.58. The van der Waals surface area contributed by atoms with Gasteiger partial charge in [0.05, 0.1) is 5.60 Å². The first kappa shape index (κ1) is 10.9. The standard InChI is InChI=1S/C17H27NO/c1-14-7-9-15(10-8-14)16(13-18(2)3)17(19)11-5-4-6-12-17/h7-10,16,19H,4-6,11-13H2,1-3H3/t16-/m0/s1/i2D3. The fourth-order valence-electron chi connectivity index (χ4n) is 3.17. The van der Waals surface area contributed by atoms with Crippen LogP contribution in [0.2, 0.25) is 0 Å². The second-order valence-electron chi connectivity index (χ2n) is 6.01. The molecule has 0 amide bonds. The van der Waals surface area contributed by atoms with Gasteiger partial charge in [-0.05, 0) is 39.4 Å². The Labute approximate surface area is 121 Å². The average Bonchev–Trinajstić information content (AvgIpc) is 2.45. The molecule has 0 heterocycles. The van der Waals surface area contributed by atoms with Gasteiger partial charge in [-0.3, -0.25) is 0 Å². The molecule has 0 radical (unpaired) electrons. The van der Waals surface area contributed by atoms with Crippen LogP contribution < -0.4 is 0 Å². The lowest BCUT2D eigenvalue weighted by molar-refractivity contribution is -0.0277. The fraction of sp³-hybridized carbons (Fsp3) is 0.647. The van der Waals surface area contributed by atoms with Crippen LogP contribution in [-0.2, 0) is 0 Å². The Bertz CT molecular complexity index is 478. The molecule has 2 nitrogen and oxygen atoms in total. The molecule has 0 spiro atoms. The van der Waals surface area contributed by atoms with Crippen molar-refractivity contribution in [1.29, 1.82) is 0 Å². The molecule has 1 aliphatic carbocycles. The van der Waals surface area contributed by atoms with Crippen LogP contribution in [-0.4, -0.2) is 36.2 Å². The molecule has 1 saturated carbocycles. The molecule has 1 atom stereocenters. The Morgan fingerprint density at radius 3 is 2.47 bits per heavy atom. The minimum Gasteiger partial charge on any atom is -0.389 e. The first-order chi connectivity index (χ1) is 10.2. The SMILES string of the molecule is [2H]C([2H])([2H])N(C)C[C@@H](c1ccc(C)cc1)C1(O)CCCCC1. The van der Waals surface area contributed by atoms with Crippen LogP contribution in [0.25, 0.3) is 0 Å². The predicted octanol–water partition coefficient (Wildman–Crippen LogP) is 3.34. The van der Waals surface area contributed by atoms with Crippen molar-refractivity contribution >= 4 is 0 Å². The largest absolute Gasteiger partial charge is 0.389 e. The number of hydrogen-bond acceptors (Lipinski definition) is 2. The van der Waals surface area contributed by atoms with Crippen molar-refractivity contribution in [3.63, 3.8) is 0 Å². The summed E-state index contributed by atoms with van der Waals surface area (Å²) in [4.78, 5) is 1.38. The summed E-state index contributed by atoms with van der Waals surface area (Å²) in [5.41, 5.74) is 1.40. The van der Waals surface area contributed by atoms with E-state index in [0.717, 1.165) is 37.7 Å². The molecule has 1 aliphatic rings. The Kier molecular flexibility index (Phi) is 3.47. The number of aryl methyl sites for hydroxylation is 1. The lowest BCUT2D eigenvalue weighted by atomic mass is 9.72. The van der Waals surface area contributed by atoms with E-state index >= 15 is 0 Å². The van der Waals surface area contributed by atoms with E-state index in [9.17, 15) is 5.11 Å². The second kappa shape index (κ2) is 6.06. The summed E-state index contributed by atoms with van der Waals surface area (Å²) in [5.74, 6) is -0.168. The average molecular weight is 264 g/mol. The van der Waals surface area contributed by atoms with Gasteiger partial charge in [-0.15, -0.1) is 0 Å². The van der Waals surface area contributed by atoms with Crippen molar-refractivity contribution < 1.29 is 9.22 Å². The number of aliphatic hydroxyl groups is 1. The van der Waals surface area contributed by atoms with Crippen molar-refractivity contribution in [3.8, 4) is 0 Å². The van der Waals surface area contributed by atoms with Crippen LogP contribution in [0.3, 0.4) is 0 Å². The molecule has 19 heavy (non-hydrogen) atoms. The molecule has 0 aromatic heterocycles. The van der Waals surface area contributed by atoms with Crippen LogP contribution in [0, 0.1) is 6.92 Å². The van der Waals surface area contributed by atoms with Gasteiger partial charge >= 0.3 is 0 Å². The minimum absolute atomic E-state index is 0.168. The van der Waals surface area contributed by atoms with E-state index in [2.05, 4.69) is 0 Å². The summed E-state index contributed by atoms with van der Waals surface area (Å²) in [7, 11) is 1.61. The highest BCUT2D eigenvalue weighted by Gasteiger charge is 2.38. The molecule has 1 aromatic rings. The van der Waals surface area contributed by atoms with Gasteiger partial charge in [0, 0.05) is 16.6 Å². The van der Waals surface area contributed by atoms with E-state index in [1.807, 2.05) is 31.2 Å². The topological polar surface area (TPSA) is 23.5 Å². The summed E-state index contributed by atoms with van der Waals surface area (Å²) in [6, 6.07) is 8.12. The van der Waals surface area contributed by atoms with Gasteiger partial charge in [-0.25, -0.2) is 0 Å². The van der Waals surface area contributed by atoms with Crippen LogP contribution >= 0.6 is 0 Å². The molecule has 0 unspecified atom stereocenters. The Morgan fingerprint density at radius 2 is 1.89 bits per heavy atom. The second-order valence-corrected chi connectivity index (χ2v) is 6.01. The van der Waals surface area contributed by atoms with Crippen molar-refractivity contribution in [2.75, 3.05) is 20.6 Å². The molecule has 2 heteroatoms. The van der Waals surface area contributed by atoms with Crippen LogP contribution in [0.1, 0.15) is 53.3 Å². The first-order valence-electron chi connectivity index (χ1n) is 8.72. The summed E-state index contributed by atoms with van der Waals surface area (Å²) in [6.07, 6.45) is 4.67. The quantitative estimate of drug-likeness (QED) is 0.901. The van der Waals surface area contributed by atoms with Gasteiger partial charge in [-0.1, -0.05) is 49.1 Å². The molecule has 1 N–H and O–H groups in total. The zero-order chi connectivity index (χ0) is 16.4. The molecule has 0 bridgehead atoms. The summed E-state index contributed by atoms with van der Waals surface area (Å²) in [6.45, 7) is 0.243. The maximum atomic E-state index is 11.2. The number of benzene rings is 1. The molecule has 2 rings (SSSR count). The number of likely N-dealkylation sites (N-methyl/N-ethyl adjacent to an activating group) is 1. The van der Waals surface area contributed by atoms with Gasteiger partial charge < -0.3 is 10.0 Å². The van der Waals surface area contributed by atoms with Crippen LogP contribution in [0.4, 0.5) is 0 Å². The van der Waals surface area contributed by atoms with Crippen molar-refractivity contribution in [3.05, 3.63) is 35.4 Å². The third-order valence-corrected chi connectivity index (χ3v) is 4.30. The highest BCUT2D eigenvalue weighted by atomic mass is 16.3. The summed E-state index contributed by atoms with van der Waals surface area (Å²) in [5, 5.41) is 11.2. The van der Waals surface area contributed by atoms with E-state index in [-0.39, 0.29) is 5.92 Å². The van der Waals surface area contributed by atoms with Crippen molar-refractivity contribution in [2.45, 2.75) is 50.5 Å². The molecule has 0 aliphatic heterocycles. The first-order valence-corrected chi connectivity index (χ1v) is 7.22. The van der Waals surface area contributed by atoms with Crippen molar-refractivity contribution in [2.24, 2.45) is 0 Å². The Hall–Kier alpha value is -0.860. The Morgan fingerprint density at radius 1 is 1.26 bits per heavy atom. The molecule has 1 aromatic carbocycles.